The van der Waals surface area contributed by atoms with Crippen molar-refractivity contribution in [3.05, 3.63) is 70.8 Å². The molecule has 0 saturated heterocycles. The van der Waals surface area contributed by atoms with Crippen molar-refractivity contribution < 1.29 is 19.4 Å². The van der Waals surface area contributed by atoms with Crippen molar-refractivity contribution in [1.29, 1.82) is 0 Å². The standard InChI is InChI=1S/C30H36N2O4/c1-21(19-31-2)9-5-4-6-10-25(33)18-26(34)14-13-22-17-30(36-3)29(35)16-23(22)15-24-20-32-28-12-8-7-11-27(24)28/h7-8,11-14,16-17,20-21,31H,4-6,9-10,15,18-19H2,1-3H3/p+1. The lowest BCUT2D eigenvalue weighted by Gasteiger charge is -2.10. The molecule has 1 aliphatic heterocycles. The fraction of sp³-hybridized carbons (Fsp3) is 0.400. The van der Waals surface area contributed by atoms with Crippen LogP contribution in [0.1, 0.15) is 56.6 Å². The van der Waals surface area contributed by atoms with Crippen molar-refractivity contribution in [3.8, 4) is 11.5 Å². The van der Waals surface area contributed by atoms with Gasteiger partial charge in [0.25, 0.3) is 0 Å². The molecule has 0 spiro atoms. The molecule has 1 aromatic rings. The van der Waals surface area contributed by atoms with Gasteiger partial charge in [-0.2, -0.15) is 4.99 Å². The van der Waals surface area contributed by atoms with Gasteiger partial charge in [-0.05, 0) is 61.7 Å². The number of nitrogens with zero attached hydrogens (tertiary/aromatic N) is 1. The Labute approximate surface area is 214 Å². The zero-order chi connectivity index (χ0) is 25.9. The first kappa shape index (κ1) is 27.2. The summed E-state index contributed by atoms with van der Waals surface area (Å²) in [7, 11) is 3.45. The van der Waals surface area contributed by atoms with Gasteiger partial charge >= 0.3 is 0 Å². The van der Waals surface area contributed by atoms with Crippen LogP contribution in [0, 0.1) is 12.3 Å². The highest BCUT2D eigenvalue weighted by atomic mass is 16.5. The number of phenols is 1. The lowest BCUT2D eigenvalue weighted by molar-refractivity contribution is -0.124. The molecular weight excluding hydrogens is 452 g/mol. The maximum absolute atomic E-state index is 12.5. The number of fused-ring (bicyclic) bond motifs is 1. The van der Waals surface area contributed by atoms with Crippen LogP contribution in [0.3, 0.4) is 0 Å². The van der Waals surface area contributed by atoms with Gasteiger partial charge in [0.05, 0.1) is 25.3 Å². The van der Waals surface area contributed by atoms with Crippen molar-refractivity contribution in [3.63, 3.8) is 0 Å². The minimum Gasteiger partial charge on any atom is -0.504 e. The first-order valence-electron chi connectivity index (χ1n) is 12.7. The topological polar surface area (TPSA) is 88.0 Å². The van der Waals surface area contributed by atoms with Gasteiger partial charge < -0.3 is 15.2 Å². The molecule has 0 amide bonds. The first-order valence-corrected chi connectivity index (χ1v) is 12.7. The van der Waals surface area contributed by atoms with Crippen molar-refractivity contribution in [2.45, 2.75) is 51.9 Å². The summed E-state index contributed by atoms with van der Waals surface area (Å²) in [5.74, 6) is 0.758. The van der Waals surface area contributed by atoms with E-state index in [1.165, 1.54) is 13.2 Å². The van der Waals surface area contributed by atoms with Gasteiger partial charge in [0, 0.05) is 37.5 Å². The second kappa shape index (κ2) is 13.6. The molecule has 3 rings (SSSR count). The Hall–Kier alpha value is -3.38. The van der Waals surface area contributed by atoms with Gasteiger partial charge in [0.15, 0.2) is 23.0 Å². The SMILES string of the molecule is CNCC(C)CCCCCC(=O)CC(=O)C=Cc1cc(OC)c(O)cc1CC1=C2[CH+]C=CC=C2N=C1. The maximum Gasteiger partial charge on any atom is 0.163 e. The van der Waals surface area contributed by atoms with Gasteiger partial charge in [-0.1, -0.05) is 25.8 Å². The quantitative estimate of drug-likeness (QED) is 0.150. The van der Waals surface area contributed by atoms with E-state index >= 15 is 0 Å². The highest BCUT2D eigenvalue weighted by Crippen LogP contribution is 2.34. The van der Waals surface area contributed by atoms with Crippen molar-refractivity contribution in [2.75, 3.05) is 20.7 Å². The highest BCUT2D eigenvalue weighted by Gasteiger charge is 2.25. The Bertz CT molecular complexity index is 1110. The van der Waals surface area contributed by atoms with E-state index in [0.29, 0.717) is 24.5 Å². The average molecular weight is 490 g/mol. The van der Waals surface area contributed by atoms with Crippen LogP contribution in [-0.2, 0) is 16.0 Å². The Morgan fingerprint density at radius 2 is 2.08 bits per heavy atom. The normalized spacial score (nSPS) is 15.1. The molecule has 190 valence electrons. The first-order chi connectivity index (χ1) is 17.4. The third-order valence-corrected chi connectivity index (χ3v) is 6.46. The number of aliphatic imine (C=N–C) groups is 1. The number of phenolic OH excluding ortho intramolecular Hbond substituents is 1. The Balaban J connectivity index is 1.59. The number of aromatic hydroxyl groups is 1. The molecule has 36 heavy (non-hydrogen) atoms. The van der Waals surface area contributed by atoms with Crippen LogP contribution in [0.15, 0.2) is 58.3 Å². The number of methoxy groups -OCH3 is 1. The van der Waals surface area contributed by atoms with E-state index < -0.39 is 0 Å². The number of hydrogen-bond acceptors (Lipinski definition) is 6. The number of ether oxygens (including phenoxy) is 1. The number of nitrogens with one attached hydrogen (secondary N) is 1. The molecule has 6 heteroatoms. The summed E-state index contributed by atoms with van der Waals surface area (Å²) in [4.78, 5) is 29.2. The van der Waals surface area contributed by atoms with Gasteiger partial charge in [0.2, 0.25) is 0 Å². The van der Waals surface area contributed by atoms with Crippen LogP contribution >= 0.6 is 0 Å². The lowest BCUT2D eigenvalue weighted by Crippen LogP contribution is -2.15. The molecular formula is C30H37N2O4+. The third kappa shape index (κ3) is 7.82. The Morgan fingerprint density at radius 1 is 1.25 bits per heavy atom. The van der Waals surface area contributed by atoms with Crippen LogP contribution in [0.25, 0.3) is 6.08 Å². The molecule has 1 unspecified atom stereocenters. The number of Topliss-reactive ketones (excluding diaryl/α,β-unsaturated/α-hetero) is 1. The number of rotatable bonds is 15. The molecule has 0 bridgehead atoms. The number of unbranched alkanes of at least 4 members (excludes halogenated alkanes) is 2. The van der Waals surface area contributed by atoms with Crippen molar-refractivity contribution in [2.24, 2.45) is 10.9 Å². The van der Waals surface area contributed by atoms with Crippen LogP contribution in [0.5, 0.6) is 11.5 Å². The maximum atomic E-state index is 12.5. The predicted octanol–water partition coefficient (Wildman–Crippen LogP) is 5.33. The summed E-state index contributed by atoms with van der Waals surface area (Å²) in [6, 6.07) is 3.37. The van der Waals surface area contributed by atoms with Crippen molar-refractivity contribution >= 4 is 23.9 Å². The van der Waals surface area contributed by atoms with E-state index in [1.54, 1.807) is 18.2 Å². The molecule has 2 N–H and O–H groups in total. The fourth-order valence-electron chi connectivity index (χ4n) is 4.49. The molecule has 1 atom stereocenters. The minimum atomic E-state index is -0.221. The number of hydrogen-bond donors (Lipinski definition) is 2. The van der Waals surface area contributed by atoms with Crippen molar-refractivity contribution in [1.82, 2.24) is 5.32 Å². The average Bonchev–Trinajstić information content (AvgIpc) is 3.26. The van der Waals surface area contributed by atoms with Gasteiger partial charge in [0.1, 0.15) is 11.4 Å². The van der Waals surface area contributed by atoms with E-state index in [0.717, 1.165) is 60.2 Å². The number of carbonyl (C=O) groups excluding carboxylic acids is 2. The molecule has 1 heterocycles. The highest BCUT2D eigenvalue weighted by molar-refractivity contribution is 6.06. The molecule has 6 nitrogen and oxygen atoms in total. The van der Waals surface area contributed by atoms with Crippen LogP contribution in [-0.4, -0.2) is 43.6 Å². The van der Waals surface area contributed by atoms with Crippen LogP contribution in [0.2, 0.25) is 0 Å². The third-order valence-electron chi connectivity index (χ3n) is 6.46. The second-order valence-electron chi connectivity index (χ2n) is 9.48. The van der Waals surface area contributed by atoms with Gasteiger partial charge in [-0.15, -0.1) is 0 Å². The Kier molecular flexibility index (Phi) is 10.3. The summed E-state index contributed by atoms with van der Waals surface area (Å²) in [6.45, 7) is 3.23. The Morgan fingerprint density at radius 3 is 2.86 bits per heavy atom. The summed E-state index contributed by atoms with van der Waals surface area (Å²) in [5, 5.41) is 13.5. The molecule has 0 saturated carbocycles. The lowest BCUT2D eigenvalue weighted by atomic mass is 9.93. The minimum absolute atomic E-state index is 0.0224. The molecule has 0 aromatic heterocycles. The monoisotopic (exact) mass is 489 g/mol. The summed E-state index contributed by atoms with van der Waals surface area (Å²) in [6.07, 6.45) is 17.9. The zero-order valence-electron chi connectivity index (χ0n) is 21.5. The largest absolute Gasteiger partial charge is 0.504 e. The molecule has 2 aliphatic rings. The van der Waals surface area contributed by atoms with E-state index in [1.807, 2.05) is 37.9 Å². The number of carbonyl (C=O) groups is 2. The van der Waals surface area contributed by atoms with E-state index in [2.05, 4.69) is 17.2 Å². The fourth-order valence-corrected chi connectivity index (χ4v) is 4.49. The summed E-state index contributed by atoms with van der Waals surface area (Å²) in [5.41, 5.74) is 4.61. The van der Waals surface area contributed by atoms with Gasteiger partial charge in [-0.3, -0.25) is 9.59 Å². The second-order valence-corrected chi connectivity index (χ2v) is 9.48. The van der Waals surface area contributed by atoms with Crippen LogP contribution < -0.4 is 10.1 Å². The number of benzene rings is 1. The smallest absolute Gasteiger partial charge is 0.163 e. The number of ketones is 2. The van der Waals surface area contributed by atoms with E-state index in [4.69, 9.17) is 4.74 Å². The van der Waals surface area contributed by atoms with Crippen LogP contribution in [0.4, 0.5) is 0 Å². The zero-order valence-corrected chi connectivity index (χ0v) is 21.5. The summed E-state index contributed by atoms with van der Waals surface area (Å²) >= 11 is 0. The predicted molar refractivity (Wildman–Crippen MR) is 145 cm³/mol. The molecule has 0 fully saturated rings. The number of allylic oxidation sites excluding steroid dienone is 6. The molecule has 1 aromatic carbocycles. The molecule has 1 aliphatic carbocycles. The molecule has 0 radical (unpaired) electrons. The van der Waals surface area contributed by atoms with E-state index in [9.17, 15) is 14.7 Å². The van der Waals surface area contributed by atoms with E-state index in [-0.39, 0.29) is 23.7 Å². The van der Waals surface area contributed by atoms with Gasteiger partial charge in [-0.25, -0.2) is 0 Å². The summed E-state index contributed by atoms with van der Waals surface area (Å²) < 4.78 is 5.27.